The van der Waals surface area contributed by atoms with E-state index in [1.807, 2.05) is 13.8 Å². The average Bonchev–Trinajstić information content (AvgIpc) is 3.10. The van der Waals surface area contributed by atoms with E-state index in [0.717, 1.165) is 11.3 Å². The number of rotatable bonds is 6. The first-order chi connectivity index (χ1) is 12.3. The Labute approximate surface area is 154 Å². The molecule has 1 aromatic carbocycles. The molecule has 0 amide bonds. The van der Waals surface area contributed by atoms with Gasteiger partial charge in [0.1, 0.15) is 11.6 Å². The fourth-order valence-corrected chi connectivity index (χ4v) is 3.06. The normalized spacial score (nSPS) is 13.5. The number of thiazole rings is 1. The molecule has 2 rings (SSSR count). The zero-order chi connectivity index (χ0) is 19.3. The fourth-order valence-electron chi connectivity index (χ4n) is 2.35. The van der Waals surface area contributed by atoms with Gasteiger partial charge in [0.2, 0.25) is 0 Å². The van der Waals surface area contributed by atoms with Gasteiger partial charge in [-0.25, -0.2) is 4.98 Å². The molecule has 0 aliphatic heterocycles. The third-order valence-corrected chi connectivity index (χ3v) is 4.61. The van der Waals surface area contributed by atoms with Crippen LogP contribution in [0.4, 0.5) is 18.9 Å². The first-order valence-corrected chi connectivity index (χ1v) is 8.79. The Kier molecular flexibility index (Phi) is 6.51. The van der Waals surface area contributed by atoms with E-state index >= 15 is 0 Å². The van der Waals surface area contributed by atoms with Crippen molar-refractivity contribution in [1.82, 2.24) is 4.98 Å². The molecule has 1 aromatic heterocycles. The van der Waals surface area contributed by atoms with Gasteiger partial charge in [0.15, 0.2) is 6.10 Å². The number of aliphatic imine (C=N–C) groups is 1. The van der Waals surface area contributed by atoms with E-state index in [1.165, 1.54) is 23.5 Å². The largest absolute Gasteiger partial charge is 0.418 e. The maximum Gasteiger partial charge on any atom is 0.418 e. The first kappa shape index (κ1) is 20.1. The van der Waals surface area contributed by atoms with Gasteiger partial charge in [-0.05, 0) is 43.5 Å². The first-order valence-electron chi connectivity index (χ1n) is 7.91. The maximum atomic E-state index is 13.5. The van der Waals surface area contributed by atoms with E-state index < -0.39 is 18.9 Å². The summed E-state index contributed by atoms with van der Waals surface area (Å²) < 4.78 is 45.2. The van der Waals surface area contributed by atoms with Crippen LogP contribution in [0.2, 0.25) is 0 Å². The van der Waals surface area contributed by atoms with Crippen LogP contribution >= 0.6 is 11.3 Å². The lowest BCUT2D eigenvalue weighted by Crippen LogP contribution is -2.24. The van der Waals surface area contributed by atoms with Crippen molar-refractivity contribution in [2.45, 2.75) is 39.5 Å². The van der Waals surface area contributed by atoms with Crippen LogP contribution in [-0.4, -0.2) is 23.5 Å². The lowest BCUT2D eigenvalue weighted by molar-refractivity contribution is -0.220. The summed E-state index contributed by atoms with van der Waals surface area (Å²) in [7, 11) is 0. The molecular weight excluding hydrogens is 363 g/mol. The molecule has 0 saturated heterocycles. The minimum Gasteiger partial charge on any atom is -0.349 e. The molecule has 1 unspecified atom stereocenters. The highest BCUT2D eigenvalue weighted by atomic mass is 32.1. The van der Waals surface area contributed by atoms with Gasteiger partial charge in [0, 0.05) is 22.9 Å². The van der Waals surface area contributed by atoms with Crippen LogP contribution in [0.25, 0.3) is 10.6 Å². The summed E-state index contributed by atoms with van der Waals surface area (Å²) in [6, 6.07) is 4.39. The van der Waals surface area contributed by atoms with E-state index in [0.29, 0.717) is 22.7 Å². The number of aromatic nitrogens is 1. The third kappa shape index (κ3) is 4.68. The Hall–Kier alpha value is -2.24. The summed E-state index contributed by atoms with van der Waals surface area (Å²) in [5.41, 5.74) is 2.48. The van der Waals surface area contributed by atoms with Gasteiger partial charge in [-0.2, -0.15) is 18.4 Å². The van der Waals surface area contributed by atoms with E-state index in [2.05, 4.69) is 9.98 Å². The van der Waals surface area contributed by atoms with E-state index in [9.17, 15) is 13.2 Å². The lowest BCUT2D eigenvalue weighted by atomic mass is 9.99. The lowest BCUT2D eigenvalue weighted by Gasteiger charge is -2.22. The van der Waals surface area contributed by atoms with Crippen LogP contribution < -0.4 is 0 Å². The Morgan fingerprint density at radius 3 is 2.69 bits per heavy atom. The minimum absolute atomic E-state index is 0.0915. The maximum absolute atomic E-state index is 13.5. The van der Waals surface area contributed by atoms with Crippen molar-refractivity contribution < 1.29 is 17.9 Å². The molecule has 8 heteroatoms. The molecule has 0 N–H and O–H groups in total. The molecule has 26 heavy (non-hydrogen) atoms. The van der Waals surface area contributed by atoms with Crippen molar-refractivity contribution in [3.63, 3.8) is 0 Å². The summed E-state index contributed by atoms with van der Waals surface area (Å²) >= 11 is 1.34. The monoisotopic (exact) mass is 381 g/mol. The van der Waals surface area contributed by atoms with E-state index in [-0.39, 0.29) is 5.56 Å². The van der Waals surface area contributed by atoms with Crippen LogP contribution in [-0.2, 0) is 4.74 Å². The van der Waals surface area contributed by atoms with Crippen LogP contribution in [0, 0.1) is 18.3 Å². The van der Waals surface area contributed by atoms with Crippen LogP contribution in [0.1, 0.15) is 37.5 Å². The molecule has 0 fully saturated rings. The molecule has 0 spiro atoms. The van der Waals surface area contributed by atoms with Gasteiger partial charge < -0.3 is 4.74 Å². The molecule has 2 aromatic rings. The molecule has 0 bridgehead atoms. The second kappa shape index (κ2) is 8.43. The van der Waals surface area contributed by atoms with Gasteiger partial charge >= 0.3 is 6.18 Å². The van der Waals surface area contributed by atoms with Gasteiger partial charge in [0.25, 0.3) is 0 Å². The molecule has 0 aliphatic rings. The number of hydrogen-bond donors (Lipinski definition) is 0. The number of ether oxygens (including phenoxy) is 1. The van der Waals surface area contributed by atoms with Crippen molar-refractivity contribution in [2.24, 2.45) is 4.99 Å². The number of nitriles is 1. The number of alkyl halides is 3. The van der Waals surface area contributed by atoms with Crippen LogP contribution in [0.15, 0.2) is 28.7 Å². The standard InChI is InChI=1S/C18H18F3N3OS/c1-4-11(2)24-15-10-13(16(18(19,20)21)25-7-5-22)9-14(12(15)3)17-23-6-8-26-17/h6,8-10,16H,4,7H2,1-3H3/b24-11-. The van der Waals surface area contributed by atoms with Crippen molar-refractivity contribution in [2.75, 3.05) is 6.61 Å². The topological polar surface area (TPSA) is 58.3 Å². The molecule has 4 nitrogen and oxygen atoms in total. The molecular formula is C18H18F3N3OS. The summed E-state index contributed by atoms with van der Waals surface area (Å²) in [6.07, 6.45) is -4.56. The molecule has 0 saturated carbocycles. The number of nitrogens with zero attached hydrogens (tertiary/aromatic N) is 3. The Bertz CT molecular complexity index is 823. The highest BCUT2D eigenvalue weighted by Gasteiger charge is 2.42. The zero-order valence-corrected chi connectivity index (χ0v) is 15.4. The SMILES string of the molecule is CC/C(C)=N\c1cc(C(OCC#N)C(F)(F)F)cc(-c2nccs2)c1C. The third-order valence-electron chi connectivity index (χ3n) is 3.80. The van der Waals surface area contributed by atoms with Crippen molar-refractivity contribution in [3.05, 3.63) is 34.8 Å². The average molecular weight is 381 g/mol. The van der Waals surface area contributed by atoms with Crippen molar-refractivity contribution in [3.8, 4) is 16.6 Å². The van der Waals surface area contributed by atoms with Crippen molar-refractivity contribution >= 4 is 22.7 Å². The molecule has 1 heterocycles. The van der Waals surface area contributed by atoms with Crippen LogP contribution in [0.5, 0.6) is 0 Å². The highest BCUT2D eigenvalue weighted by Crippen LogP contribution is 2.41. The zero-order valence-electron chi connectivity index (χ0n) is 14.6. The Morgan fingerprint density at radius 2 is 2.15 bits per heavy atom. The van der Waals surface area contributed by atoms with Crippen molar-refractivity contribution in [1.29, 1.82) is 5.26 Å². The quantitative estimate of drug-likeness (QED) is 0.597. The number of halogens is 3. The fraction of sp³-hybridized carbons (Fsp3) is 0.389. The minimum atomic E-state index is -4.65. The molecule has 0 radical (unpaired) electrons. The molecule has 138 valence electrons. The second-order valence-corrected chi connectivity index (χ2v) is 6.54. The molecule has 0 aliphatic carbocycles. The Balaban J connectivity index is 2.67. The van der Waals surface area contributed by atoms with Gasteiger partial charge in [-0.3, -0.25) is 4.99 Å². The van der Waals surface area contributed by atoms with Crippen LogP contribution in [0.3, 0.4) is 0 Å². The summed E-state index contributed by atoms with van der Waals surface area (Å²) in [6.45, 7) is 4.90. The number of hydrogen-bond acceptors (Lipinski definition) is 5. The predicted octanol–water partition coefficient (Wildman–Crippen LogP) is 5.76. The number of benzene rings is 1. The summed E-state index contributed by atoms with van der Waals surface area (Å²) in [4.78, 5) is 8.67. The van der Waals surface area contributed by atoms with Gasteiger partial charge in [-0.15, -0.1) is 11.3 Å². The van der Waals surface area contributed by atoms with E-state index in [1.54, 1.807) is 24.6 Å². The summed E-state index contributed by atoms with van der Waals surface area (Å²) in [5, 5.41) is 11.0. The Morgan fingerprint density at radius 1 is 1.42 bits per heavy atom. The van der Waals surface area contributed by atoms with E-state index in [4.69, 9.17) is 10.00 Å². The van der Waals surface area contributed by atoms with Gasteiger partial charge in [0.05, 0.1) is 11.8 Å². The second-order valence-electron chi connectivity index (χ2n) is 5.64. The molecule has 1 atom stereocenters. The van der Waals surface area contributed by atoms with Gasteiger partial charge in [-0.1, -0.05) is 6.92 Å². The summed E-state index contributed by atoms with van der Waals surface area (Å²) in [5.74, 6) is 0. The smallest absolute Gasteiger partial charge is 0.349 e. The highest BCUT2D eigenvalue weighted by molar-refractivity contribution is 7.13. The predicted molar refractivity (Wildman–Crippen MR) is 95.7 cm³/mol.